The maximum Gasteiger partial charge on any atom is 1.00 e. The Kier molecular flexibility index (Phi) is 7.76. The van der Waals surface area contributed by atoms with Gasteiger partial charge >= 0.3 is 57.4 Å². The second-order valence-electron chi connectivity index (χ2n) is 3.29. The molecule has 64 valence electrons. The topological polar surface area (TPSA) is 49.4 Å². The summed E-state index contributed by atoms with van der Waals surface area (Å²) < 4.78 is 4.83. The Bertz CT molecular complexity index is 175. The Morgan fingerprint density at radius 1 is 1.42 bits per heavy atom. The van der Waals surface area contributed by atoms with Crippen molar-refractivity contribution in [2.75, 3.05) is 0 Å². The fraction of sp³-hybridized carbons (Fsp3) is 0.625. The minimum absolute atomic E-state index is 0. The minimum Gasteiger partial charge on any atom is -0.875 e. The molecule has 3 nitrogen and oxygen atoms in total. The van der Waals surface area contributed by atoms with E-state index in [0.717, 1.165) is 6.08 Å². The van der Waals surface area contributed by atoms with E-state index in [-0.39, 0.29) is 57.1 Å². The third-order valence-corrected chi connectivity index (χ3v) is 0.728. The molecule has 12 heavy (non-hydrogen) atoms. The molecule has 0 saturated carbocycles. The first-order chi connectivity index (χ1) is 4.81. The Labute approximate surface area is 116 Å². The number of hydrogen-bond acceptors (Lipinski definition) is 3. The first-order valence-corrected chi connectivity index (χ1v) is 3.39. The van der Waals surface area contributed by atoms with Gasteiger partial charge in [0, 0.05) is 6.08 Å². The van der Waals surface area contributed by atoms with Crippen molar-refractivity contribution in [1.29, 1.82) is 0 Å². The first-order valence-electron chi connectivity index (χ1n) is 3.39. The molecule has 0 saturated heterocycles. The van der Waals surface area contributed by atoms with E-state index < -0.39 is 11.6 Å². The van der Waals surface area contributed by atoms with Crippen LogP contribution in [-0.4, -0.2) is 11.6 Å². The molecule has 0 aliphatic carbocycles. The smallest absolute Gasteiger partial charge is 0.875 e. The molecule has 0 spiro atoms. The van der Waals surface area contributed by atoms with Crippen molar-refractivity contribution in [3.8, 4) is 0 Å². The number of hydrogen-bond donors (Lipinski definition) is 0. The Morgan fingerprint density at radius 2 is 1.83 bits per heavy atom. The van der Waals surface area contributed by atoms with Gasteiger partial charge in [-0.05, 0) is 20.8 Å². The van der Waals surface area contributed by atoms with E-state index in [4.69, 9.17) is 4.74 Å². The van der Waals surface area contributed by atoms with Crippen LogP contribution in [0.5, 0.6) is 0 Å². The van der Waals surface area contributed by atoms with Crippen LogP contribution in [-0.2, 0) is 9.53 Å². The van der Waals surface area contributed by atoms with Crippen LogP contribution in [0, 0.1) is 0 Å². The van der Waals surface area contributed by atoms with Crippen molar-refractivity contribution < 1.29 is 66.0 Å². The third kappa shape index (κ3) is 10.6. The van der Waals surface area contributed by atoms with Crippen molar-refractivity contribution in [3.63, 3.8) is 0 Å². The monoisotopic (exact) mass is 196 g/mol. The molecule has 0 aliphatic heterocycles. The summed E-state index contributed by atoms with van der Waals surface area (Å²) in [6.07, 6.45) is 0.936. The molecule has 0 bridgehead atoms. The number of carbonyl (C=O) groups is 1. The summed E-state index contributed by atoms with van der Waals surface area (Å²) in [7, 11) is 0. The standard InChI is InChI=1S/C8H14O3.K/c1-6(9)5-7(10)11-8(2,3)4;/h5,9H,1-4H3;/q;+1/p-1/b6-5-;. The summed E-state index contributed by atoms with van der Waals surface area (Å²) in [6, 6.07) is 0. The zero-order valence-corrected chi connectivity index (χ0v) is 11.4. The van der Waals surface area contributed by atoms with Crippen LogP contribution in [0.1, 0.15) is 27.7 Å². The maximum atomic E-state index is 10.8. The van der Waals surface area contributed by atoms with Crippen LogP contribution < -0.4 is 56.5 Å². The summed E-state index contributed by atoms with van der Waals surface area (Å²) in [5.41, 5.74) is -0.525. The quantitative estimate of drug-likeness (QED) is 0.203. The van der Waals surface area contributed by atoms with Crippen molar-refractivity contribution in [2.24, 2.45) is 0 Å². The Balaban J connectivity index is 0. The van der Waals surface area contributed by atoms with Crippen molar-refractivity contribution in [2.45, 2.75) is 33.3 Å². The summed E-state index contributed by atoms with van der Waals surface area (Å²) in [6.45, 7) is 6.56. The predicted octanol–water partition coefficient (Wildman–Crippen LogP) is -2.40. The second kappa shape index (κ2) is 6.15. The molecule has 0 unspecified atom stereocenters. The molecule has 0 aromatic heterocycles. The molecule has 0 N–H and O–H groups in total. The van der Waals surface area contributed by atoms with Crippen molar-refractivity contribution in [3.05, 3.63) is 11.8 Å². The average Bonchev–Trinajstić information content (AvgIpc) is 1.53. The number of rotatable bonds is 1. The van der Waals surface area contributed by atoms with Gasteiger partial charge < -0.3 is 9.84 Å². The fourth-order valence-corrected chi connectivity index (χ4v) is 0.497. The molecule has 0 fully saturated rings. The van der Waals surface area contributed by atoms with Gasteiger partial charge in [-0.15, -0.1) is 5.76 Å². The van der Waals surface area contributed by atoms with Crippen LogP contribution in [0.4, 0.5) is 0 Å². The predicted molar refractivity (Wildman–Crippen MR) is 39.6 cm³/mol. The van der Waals surface area contributed by atoms with Gasteiger partial charge in [0.05, 0.1) is 0 Å². The van der Waals surface area contributed by atoms with Gasteiger partial charge in [-0.25, -0.2) is 4.79 Å². The van der Waals surface area contributed by atoms with Gasteiger partial charge in [0.25, 0.3) is 0 Å². The van der Waals surface area contributed by atoms with Gasteiger partial charge in [0.1, 0.15) is 5.60 Å². The largest absolute Gasteiger partial charge is 1.00 e. The van der Waals surface area contributed by atoms with Gasteiger partial charge in [-0.3, -0.25) is 0 Å². The van der Waals surface area contributed by atoms with Gasteiger partial charge in [-0.2, -0.15) is 0 Å². The molecule has 0 aliphatic rings. The molecule has 0 amide bonds. The van der Waals surface area contributed by atoms with Gasteiger partial charge in [0.15, 0.2) is 0 Å². The van der Waals surface area contributed by atoms with E-state index in [1.54, 1.807) is 20.8 Å². The van der Waals surface area contributed by atoms with E-state index in [0.29, 0.717) is 0 Å². The van der Waals surface area contributed by atoms with E-state index in [2.05, 4.69) is 0 Å². The Hall–Kier alpha value is 0.646. The second-order valence-corrected chi connectivity index (χ2v) is 3.29. The van der Waals surface area contributed by atoms with Gasteiger partial charge in [0.2, 0.25) is 0 Å². The van der Waals surface area contributed by atoms with Crippen molar-refractivity contribution in [1.82, 2.24) is 0 Å². The van der Waals surface area contributed by atoms with Crippen LogP contribution >= 0.6 is 0 Å². The Morgan fingerprint density at radius 3 is 2.08 bits per heavy atom. The average molecular weight is 196 g/mol. The van der Waals surface area contributed by atoms with E-state index >= 15 is 0 Å². The summed E-state index contributed by atoms with van der Waals surface area (Å²) in [4.78, 5) is 10.8. The third-order valence-electron chi connectivity index (χ3n) is 0.728. The van der Waals surface area contributed by atoms with Crippen LogP contribution in [0.25, 0.3) is 0 Å². The van der Waals surface area contributed by atoms with Crippen LogP contribution in [0.2, 0.25) is 0 Å². The summed E-state index contributed by atoms with van der Waals surface area (Å²) in [5.74, 6) is -0.871. The first kappa shape index (κ1) is 15.1. The van der Waals surface area contributed by atoms with E-state index in [1.807, 2.05) is 0 Å². The van der Waals surface area contributed by atoms with Crippen LogP contribution in [0.15, 0.2) is 11.8 Å². The molecule has 0 aromatic rings. The minimum atomic E-state index is -0.579. The van der Waals surface area contributed by atoms with Crippen LogP contribution in [0.3, 0.4) is 0 Å². The molecular formula is C8H13KO3. The molecule has 0 heterocycles. The molecule has 0 rings (SSSR count). The molecular weight excluding hydrogens is 183 g/mol. The summed E-state index contributed by atoms with van der Waals surface area (Å²) >= 11 is 0. The molecule has 0 aromatic carbocycles. The van der Waals surface area contributed by atoms with Gasteiger partial charge in [-0.1, -0.05) is 6.92 Å². The normalized spacial score (nSPS) is 11.8. The zero-order chi connectivity index (χ0) is 9.07. The van der Waals surface area contributed by atoms with Crippen molar-refractivity contribution >= 4 is 5.97 Å². The zero-order valence-electron chi connectivity index (χ0n) is 8.30. The summed E-state index contributed by atoms with van der Waals surface area (Å²) in [5, 5.41) is 10.4. The SMILES string of the molecule is C/C([O-])=C/C(=O)OC(C)(C)C.[K+]. The maximum absolute atomic E-state index is 10.8. The van der Waals surface area contributed by atoms with E-state index in [9.17, 15) is 9.90 Å². The number of allylic oxidation sites excluding steroid dienone is 1. The fourth-order valence-electron chi connectivity index (χ4n) is 0.497. The molecule has 0 radical (unpaired) electrons. The number of esters is 1. The molecule has 4 heteroatoms. The molecule has 0 atom stereocenters. The number of carbonyl (C=O) groups excluding carboxylic acids is 1. The van der Waals surface area contributed by atoms with E-state index in [1.165, 1.54) is 6.92 Å². The number of ether oxygens (including phenoxy) is 1.